The van der Waals surface area contributed by atoms with Crippen LogP contribution in [0.2, 0.25) is 0 Å². The van der Waals surface area contributed by atoms with Gasteiger partial charge in [-0.25, -0.2) is 10.1 Å². The smallest absolute Gasteiger partial charge is 0.321 e. The molecule has 0 N–H and O–H groups in total. The number of rotatable bonds is 2. The first-order valence-electron chi connectivity index (χ1n) is 3.31. The maximum absolute atomic E-state index is 10.7. The fraction of sp³-hybridized carbons (Fsp3) is 0.833. The third kappa shape index (κ3) is 1.34. The van der Waals surface area contributed by atoms with E-state index in [1.54, 1.807) is 4.90 Å². The molecule has 9 heavy (non-hydrogen) atoms. The van der Waals surface area contributed by atoms with E-state index in [1.165, 1.54) is 0 Å². The van der Waals surface area contributed by atoms with Gasteiger partial charge in [0.25, 0.3) is 0 Å². The van der Waals surface area contributed by atoms with Gasteiger partial charge in [-0.05, 0) is 6.42 Å². The average molecular weight is 127 g/mol. The van der Waals surface area contributed by atoms with E-state index in [0.717, 1.165) is 19.5 Å². The number of carbonyl (C=O) groups is 1. The van der Waals surface area contributed by atoms with Crippen molar-refractivity contribution < 1.29 is 4.79 Å². The molecule has 3 heteroatoms. The van der Waals surface area contributed by atoms with Crippen LogP contribution in [0, 0.1) is 0 Å². The first-order valence-corrected chi connectivity index (χ1v) is 3.31. The lowest BCUT2D eigenvalue weighted by Gasteiger charge is -2.10. The van der Waals surface area contributed by atoms with Crippen molar-refractivity contribution in [1.29, 1.82) is 0 Å². The summed E-state index contributed by atoms with van der Waals surface area (Å²) in [6, 6.07) is -0.0307. The lowest BCUT2D eigenvalue weighted by molar-refractivity contribution is 0.217. The maximum atomic E-state index is 10.7. The molecule has 0 aliphatic carbocycles. The molecule has 1 aliphatic heterocycles. The molecule has 1 radical (unpaired) electrons. The maximum Gasteiger partial charge on any atom is 0.339 e. The Balaban J connectivity index is 2.31. The second kappa shape index (κ2) is 2.71. The number of urea groups is 1. The summed E-state index contributed by atoms with van der Waals surface area (Å²) in [6.07, 6.45) is 1.03. The quantitative estimate of drug-likeness (QED) is 0.530. The zero-order chi connectivity index (χ0) is 6.69. The zero-order valence-electron chi connectivity index (χ0n) is 5.63. The Morgan fingerprint density at radius 2 is 2.56 bits per heavy atom. The fourth-order valence-corrected chi connectivity index (χ4v) is 0.939. The molecule has 0 saturated carbocycles. The van der Waals surface area contributed by atoms with E-state index >= 15 is 0 Å². The van der Waals surface area contributed by atoms with Gasteiger partial charge in [-0.1, -0.05) is 6.92 Å². The number of amides is 2. The molecule has 1 saturated heterocycles. The second-order valence-electron chi connectivity index (χ2n) is 2.15. The average Bonchev–Trinajstić information content (AvgIpc) is 2.18. The monoisotopic (exact) mass is 127 g/mol. The van der Waals surface area contributed by atoms with E-state index in [2.05, 4.69) is 12.2 Å². The highest BCUT2D eigenvalue weighted by molar-refractivity contribution is 5.75. The number of hydrogen-bond acceptors (Lipinski definition) is 1. The minimum absolute atomic E-state index is 0.0307. The molecule has 1 rings (SSSR count). The highest BCUT2D eigenvalue weighted by Gasteiger charge is 2.19. The Kier molecular flexibility index (Phi) is 1.92. The first-order chi connectivity index (χ1) is 4.34. The summed E-state index contributed by atoms with van der Waals surface area (Å²) in [6.45, 7) is 4.44. The highest BCUT2D eigenvalue weighted by atomic mass is 16.2. The molecule has 51 valence electrons. The highest BCUT2D eigenvalue weighted by Crippen LogP contribution is 1.98. The first kappa shape index (κ1) is 6.39. The Labute approximate surface area is 55.0 Å². The van der Waals surface area contributed by atoms with Crippen LogP contribution in [-0.4, -0.2) is 30.6 Å². The van der Waals surface area contributed by atoms with Gasteiger partial charge in [-0.15, -0.1) is 0 Å². The van der Waals surface area contributed by atoms with E-state index in [0.29, 0.717) is 6.54 Å². The van der Waals surface area contributed by atoms with Crippen LogP contribution < -0.4 is 5.32 Å². The molecule has 0 aromatic carbocycles. The number of hydrogen-bond donors (Lipinski definition) is 0. The Morgan fingerprint density at radius 3 is 3.00 bits per heavy atom. The fourth-order valence-electron chi connectivity index (χ4n) is 0.939. The second-order valence-corrected chi connectivity index (χ2v) is 2.15. The minimum Gasteiger partial charge on any atom is -0.321 e. The summed E-state index contributed by atoms with van der Waals surface area (Å²) in [5.74, 6) is 0. The lowest BCUT2D eigenvalue weighted by Crippen LogP contribution is -2.26. The van der Waals surface area contributed by atoms with E-state index in [1.807, 2.05) is 0 Å². The van der Waals surface area contributed by atoms with Gasteiger partial charge in [0.15, 0.2) is 0 Å². The van der Waals surface area contributed by atoms with Crippen molar-refractivity contribution in [3.8, 4) is 0 Å². The van der Waals surface area contributed by atoms with Gasteiger partial charge in [0.05, 0.1) is 6.54 Å². The Morgan fingerprint density at radius 1 is 1.78 bits per heavy atom. The van der Waals surface area contributed by atoms with Crippen molar-refractivity contribution in [2.45, 2.75) is 13.3 Å². The van der Waals surface area contributed by atoms with Crippen LogP contribution in [0.4, 0.5) is 4.79 Å². The van der Waals surface area contributed by atoms with E-state index in [-0.39, 0.29) is 6.03 Å². The molecule has 0 bridgehead atoms. The van der Waals surface area contributed by atoms with Crippen molar-refractivity contribution in [2.75, 3.05) is 19.6 Å². The molecule has 3 nitrogen and oxygen atoms in total. The minimum atomic E-state index is -0.0307. The molecule has 0 spiro atoms. The molecule has 0 unspecified atom stereocenters. The summed E-state index contributed by atoms with van der Waals surface area (Å²) in [7, 11) is 0. The molecule has 0 atom stereocenters. The van der Waals surface area contributed by atoms with Crippen LogP contribution in [0.25, 0.3) is 0 Å². The lowest BCUT2D eigenvalue weighted by atomic mass is 10.4. The summed E-state index contributed by atoms with van der Waals surface area (Å²) >= 11 is 0. The van der Waals surface area contributed by atoms with E-state index < -0.39 is 0 Å². The molecule has 1 aliphatic rings. The van der Waals surface area contributed by atoms with Crippen molar-refractivity contribution in [3.63, 3.8) is 0 Å². The van der Waals surface area contributed by atoms with Gasteiger partial charge in [0, 0.05) is 13.1 Å². The van der Waals surface area contributed by atoms with Gasteiger partial charge in [-0.3, -0.25) is 0 Å². The molecule has 1 heterocycles. The van der Waals surface area contributed by atoms with Crippen LogP contribution in [-0.2, 0) is 0 Å². The predicted molar refractivity (Wildman–Crippen MR) is 34.3 cm³/mol. The van der Waals surface area contributed by atoms with Crippen LogP contribution in [0.3, 0.4) is 0 Å². The molecule has 0 aromatic rings. The number of nitrogens with zero attached hydrogens (tertiary/aromatic N) is 2. The molecule has 0 aromatic heterocycles. The Hall–Kier alpha value is -0.730. The normalized spacial score (nSPS) is 18.3. The van der Waals surface area contributed by atoms with Gasteiger partial charge >= 0.3 is 6.03 Å². The number of carbonyl (C=O) groups excluding carboxylic acids is 1. The van der Waals surface area contributed by atoms with Crippen molar-refractivity contribution in [1.82, 2.24) is 10.2 Å². The third-order valence-corrected chi connectivity index (χ3v) is 1.38. The van der Waals surface area contributed by atoms with Crippen molar-refractivity contribution >= 4 is 6.03 Å². The molecular formula is C6H11N2O. The third-order valence-electron chi connectivity index (χ3n) is 1.38. The van der Waals surface area contributed by atoms with Crippen LogP contribution in [0.1, 0.15) is 13.3 Å². The molecule has 1 fully saturated rings. The van der Waals surface area contributed by atoms with Gasteiger partial charge in [0.1, 0.15) is 0 Å². The summed E-state index contributed by atoms with van der Waals surface area (Å²) in [4.78, 5) is 12.5. The molecule has 2 amide bonds. The van der Waals surface area contributed by atoms with Crippen molar-refractivity contribution in [3.05, 3.63) is 0 Å². The zero-order valence-corrected chi connectivity index (χ0v) is 5.63. The summed E-state index contributed by atoms with van der Waals surface area (Å²) in [5, 5.41) is 3.72. The summed E-state index contributed by atoms with van der Waals surface area (Å²) < 4.78 is 0. The molecular weight excluding hydrogens is 116 g/mol. The SMILES string of the molecule is CCCN1CC[N]C1=O. The van der Waals surface area contributed by atoms with Gasteiger partial charge in [0.2, 0.25) is 0 Å². The van der Waals surface area contributed by atoms with E-state index in [9.17, 15) is 4.79 Å². The van der Waals surface area contributed by atoms with E-state index in [4.69, 9.17) is 0 Å². The van der Waals surface area contributed by atoms with Crippen LogP contribution in [0.15, 0.2) is 0 Å². The standard InChI is InChI=1S/C6H11N2O/c1-2-4-8-5-3-7-6(8)9/h2-5H2,1H3. The van der Waals surface area contributed by atoms with Crippen LogP contribution in [0.5, 0.6) is 0 Å². The summed E-state index contributed by atoms with van der Waals surface area (Å²) in [5.41, 5.74) is 0. The predicted octanol–water partition coefficient (Wildman–Crippen LogP) is 0.436. The van der Waals surface area contributed by atoms with Gasteiger partial charge < -0.3 is 4.90 Å². The van der Waals surface area contributed by atoms with Crippen molar-refractivity contribution in [2.24, 2.45) is 0 Å². The van der Waals surface area contributed by atoms with Gasteiger partial charge in [-0.2, -0.15) is 0 Å². The Bertz CT molecular complexity index is 114. The topological polar surface area (TPSA) is 34.4 Å². The largest absolute Gasteiger partial charge is 0.339 e. The van der Waals surface area contributed by atoms with Crippen LogP contribution >= 0.6 is 0 Å².